The van der Waals surface area contributed by atoms with Crippen molar-refractivity contribution < 1.29 is 19.4 Å². The van der Waals surface area contributed by atoms with Gasteiger partial charge in [0.1, 0.15) is 5.60 Å². The first-order chi connectivity index (χ1) is 10.2. The molecule has 1 aliphatic heterocycles. The molecule has 1 heterocycles. The van der Waals surface area contributed by atoms with E-state index in [1.165, 1.54) is 12.8 Å². The molecule has 1 saturated heterocycles. The average molecular weight is 312 g/mol. The van der Waals surface area contributed by atoms with Crippen molar-refractivity contribution in [3.8, 4) is 0 Å². The zero-order valence-electron chi connectivity index (χ0n) is 13.8. The Bertz CT molecular complexity index is 415. The number of likely N-dealkylation sites (tertiary alicyclic amines) is 1. The second-order valence-electron chi connectivity index (χ2n) is 7.70. The SMILES string of the molecule is CC(C)(C)OC(=O)NC1CC(CC(=O)O)CN(CC2CC2)C1. The third-order valence-electron chi connectivity index (χ3n) is 4.01. The van der Waals surface area contributed by atoms with Gasteiger partial charge in [0.2, 0.25) is 0 Å². The van der Waals surface area contributed by atoms with Crippen molar-refractivity contribution in [1.82, 2.24) is 10.2 Å². The minimum absolute atomic E-state index is 0.0355. The summed E-state index contributed by atoms with van der Waals surface area (Å²) in [7, 11) is 0. The van der Waals surface area contributed by atoms with Crippen LogP contribution in [0.3, 0.4) is 0 Å². The van der Waals surface area contributed by atoms with E-state index in [4.69, 9.17) is 9.84 Å². The van der Waals surface area contributed by atoms with E-state index in [-0.39, 0.29) is 18.4 Å². The molecule has 0 bridgehead atoms. The second kappa shape index (κ2) is 6.86. The lowest BCUT2D eigenvalue weighted by Gasteiger charge is -2.38. The molecule has 1 amide bonds. The monoisotopic (exact) mass is 312 g/mol. The summed E-state index contributed by atoms with van der Waals surface area (Å²) in [6.45, 7) is 8.12. The molecule has 0 spiro atoms. The van der Waals surface area contributed by atoms with Gasteiger partial charge in [-0.3, -0.25) is 4.79 Å². The van der Waals surface area contributed by atoms with Gasteiger partial charge in [0.15, 0.2) is 0 Å². The number of ether oxygens (including phenoxy) is 1. The molecule has 0 radical (unpaired) electrons. The summed E-state index contributed by atoms with van der Waals surface area (Å²) in [5.74, 6) is 0.0741. The molecule has 0 aromatic rings. The van der Waals surface area contributed by atoms with Crippen LogP contribution < -0.4 is 5.32 Å². The number of aliphatic carboxylic acids is 1. The van der Waals surface area contributed by atoms with Crippen molar-refractivity contribution in [2.45, 2.75) is 58.1 Å². The Morgan fingerprint density at radius 3 is 2.45 bits per heavy atom. The highest BCUT2D eigenvalue weighted by Crippen LogP contribution is 2.31. The van der Waals surface area contributed by atoms with Crippen molar-refractivity contribution in [3.05, 3.63) is 0 Å². The predicted octanol–water partition coefficient (Wildman–Crippen LogP) is 2.09. The highest BCUT2D eigenvalue weighted by Gasteiger charge is 2.33. The van der Waals surface area contributed by atoms with Gasteiger partial charge in [-0.25, -0.2) is 4.79 Å². The number of carboxylic acids is 1. The molecule has 2 unspecified atom stereocenters. The number of nitrogens with one attached hydrogen (secondary N) is 1. The second-order valence-corrected chi connectivity index (χ2v) is 7.70. The fourth-order valence-corrected chi connectivity index (χ4v) is 3.09. The summed E-state index contributed by atoms with van der Waals surface area (Å²) < 4.78 is 5.30. The summed E-state index contributed by atoms with van der Waals surface area (Å²) in [4.78, 5) is 25.2. The molecule has 0 aromatic carbocycles. The molecule has 126 valence electrons. The Labute approximate surface area is 132 Å². The summed E-state index contributed by atoms with van der Waals surface area (Å²) in [6, 6.07) is -0.0355. The highest BCUT2D eigenvalue weighted by atomic mass is 16.6. The topological polar surface area (TPSA) is 78.9 Å². The van der Waals surface area contributed by atoms with Crippen LogP contribution in [-0.2, 0) is 9.53 Å². The fraction of sp³-hybridized carbons (Fsp3) is 0.875. The fourth-order valence-electron chi connectivity index (χ4n) is 3.09. The Morgan fingerprint density at radius 1 is 1.23 bits per heavy atom. The molecule has 22 heavy (non-hydrogen) atoms. The third-order valence-corrected chi connectivity index (χ3v) is 4.01. The standard InChI is InChI=1S/C16H28N2O4/c1-16(2,3)22-15(21)17-13-6-12(7-14(19)20)9-18(10-13)8-11-4-5-11/h11-13H,4-10H2,1-3H3,(H,17,21)(H,19,20). The van der Waals surface area contributed by atoms with Crippen molar-refractivity contribution >= 4 is 12.1 Å². The van der Waals surface area contributed by atoms with E-state index in [1.54, 1.807) is 0 Å². The maximum atomic E-state index is 11.9. The number of alkyl carbamates (subject to hydrolysis) is 1. The number of carbonyl (C=O) groups is 2. The lowest BCUT2D eigenvalue weighted by molar-refractivity contribution is -0.138. The number of carbonyl (C=O) groups excluding carboxylic acids is 1. The summed E-state index contributed by atoms with van der Waals surface area (Å²) in [5, 5.41) is 11.9. The van der Waals surface area contributed by atoms with E-state index in [0.717, 1.165) is 25.6 Å². The summed E-state index contributed by atoms with van der Waals surface area (Å²) in [6.07, 6.45) is 2.98. The van der Waals surface area contributed by atoms with Gasteiger partial charge >= 0.3 is 12.1 Å². The van der Waals surface area contributed by atoms with Gasteiger partial charge in [0, 0.05) is 32.1 Å². The molecular weight excluding hydrogens is 284 g/mol. The first-order valence-corrected chi connectivity index (χ1v) is 8.15. The minimum atomic E-state index is -0.769. The number of amides is 1. The Morgan fingerprint density at radius 2 is 1.91 bits per heavy atom. The number of hydrogen-bond donors (Lipinski definition) is 2. The number of nitrogens with zero attached hydrogens (tertiary/aromatic N) is 1. The van der Waals surface area contributed by atoms with Gasteiger partial charge in [-0.05, 0) is 51.9 Å². The first kappa shape index (κ1) is 17.1. The van der Waals surface area contributed by atoms with Crippen LogP contribution in [0.15, 0.2) is 0 Å². The third kappa shape index (κ3) is 6.22. The maximum absolute atomic E-state index is 11.9. The van der Waals surface area contributed by atoms with Crippen molar-refractivity contribution in [2.24, 2.45) is 11.8 Å². The van der Waals surface area contributed by atoms with Gasteiger partial charge < -0.3 is 20.1 Å². The van der Waals surface area contributed by atoms with E-state index in [1.807, 2.05) is 20.8 Å². The molecule has 0 aromatic heterocycles. The molecule has 2 rings (SSSR count). The normalized spacial score (nSPS) is 26.5. The lowest BCUT2D eigenvalue weighted by Crippen LogP contribution is -2.52. The molecule has 2 aliphatic rings. The van der Waals surface area contributed by atoms with Gasteiger partial charge in [-0.2, -0.15) is 0 Å². The van der Waals surface area contributed by atoms with Crippen LogP contribution in [-0.4, -0.2) is 53.3 Å². The van der Waals surface area contributed by atoms with Gasteiger partial charge in [-0.1, -0.05) is 0 Å². The first-order valence-electron chi connectivity index (χ1n) is 8.15. The molecule has 2 atom stereocenters. The van der Waals surface area contributed by atoms with E-state index in [2.05, 4.69) is 10.2 Å². The highest BCUT2D eigenvalue weighted by molar-refractivity contribution is 5.68. The Kier molecular flexibility index (Phi) is 5.32. The zero-order valence-corrected chi connectivity index (χ0v) is 13.8. The number of rotatable bonds is 5. The molecular formula is C16H28N2O4. The largest absolute Gasteiger partial charge is 0.481 e. The number of carboxylic acid groups (broad SMARTS) is 1. The van der Waals surface area contributed by atoms with E-state index in [9.17, 15) is 9.59 Å². The van der Waals surface area contributed by atoms with Gasteiger partial charge in [0.25, 0.3) is 0 Å². The average Bonchev–Trinajstić information content (AvgIpc) is 3.08. The predicted molar refractivity (Wildman–Crippen MR) is 82.7 cm³/mol. The van der Waals surface area contributed by atoms with Crippen molar-refractivity contribution in [3.63, 3.8) is 0 Å². The number of hydrogen-bond acceptors (Lipinski definition) is 4. The van der Waals surface area contributed by atoms with Crippen LogP contribution >= 0.6 is 0 Å². The van der Waals surface area contributed by atoms with Crippen LogP contribution in [0.5, 0.6) is 0 Å². The maximum Gasteiger partial charge on any atom is 0.407 e. The lowest BCUT2D eigenvalue weighted by atomic mass is 9.91. The van der Waals surface area contributed by atoms with Gasteiger partial charge in [0.05, 0.1) is 0 Å². The molecule has 6 heteroatoms. The van der Waals surface area contributed by atoms with E-state index in [0.29, 0.717) is 6.42 Å². The summed E-state index contributed by atoms with van der Waals surface area (Å²) >= 11 is 0. The molecule has 2 N–H and O–H groups in total. The minimum Gasteiger partial charge on any atom is -0.481 e. The van der Waals surface area contributed by atoms with Crippen LogP contribution in [0, 0.1) is 11.8 Å². The quantitative estimate of drug-likeness (QED) is 0.812. The zero-order chi connectivity index (χ0) is 16.3. The van der Waals surface area contributed by atoms with E-state index >= 15 is 0 Å². The van der Waals surface area contributed by atoms with Crippen molar-refractivity contribution in [1.29, 1.82) is 0 Å². The van der Waals surface area contributed by atoms with Gasteiger partial charge in [-0.15, -0.1) is 0 Å². The Hall–Kier alpha value is -1.30. The molecule has 1 saturated carbocycles. The van der Waals surface area contributed by atoms with Crippen molar-refractivity contribution in [2.75, 3.05) is 19.6 Å². The molecule has 6 nitrogen and oxygen atoms in total. The Balaban J connectivity index is 1.89. The van der Waals surface area contributed by atoms with Crippen LogP contribution in [0.25, 0.3) is 0 Å². The van der Waals surface area contributed by atoms with Crippen LogP contribution in [0.4, 0.5) is 4.79 Å². The smallest absolute Gasteiger partial charge is 0.407 e. The van der Waals surface area contributed by atoms with Crippen LogP contribution in [0.1, 0.15) is 46.5 Å². The molecule has 1 aliphatic carbocycles. The van der Waals surface area contributed by atoms with E-state index < -0.39 is 17.7 Å². The molecule has 2 fully saturated rings. The summed E-state index contributed by atoms with van der Waals surface area (Å²) in [5.41, 5.74) is -0.521. The van der Waals surface area contributed by atoms with Crippen LogP contribution in [0.2, 0.25) is 0 Å². The number of piperidine rings is 1.